The fraction of sp³-hybridized carbons (Fsp3) is 0.222. The number of anilines is 1. The van der Waals surface area contributed by atoms with Gasteiger partial charge < -0.3 is 0 Å². The van der Waals surface area contributed by atoms with Crippen molar-refractivity contribution in [1.29, 1.82) is 0 Å². The van der Waals surface area contributed by atoms with Gasteiger partial charge >= 0.3 is 6.18 Å². The Kier molecular flexibility index (Phi) is 7.20. The van der Waals surface area contributed by atoms with Crippen LogP contribution in [0, 0.1) is 5.82 Å². The summed E-state index contributed by atoms with van der Waals surface area (Å²) in [5.74, 6) is -1.66. The van der Waals surface area contributed by atoms with Crippen LogP contribution in [0.4, 0.5) is 22.7 Å². The van der Waals surface area contributed by atoms with E-state index in [1.807, 2.05) is 11.6 Å². The quantitative estimate of drug-likeness (QED) is 0.375. The Bertz CT molecular complexity index is 1090. The second kappa shape index (κ2) is 9.52. The lowest BCUT2D eigenvalue weighted by Gasteiger charge is -2.13. The van der Waals surface area contributed by atoms with E-state index in [0.29, 0.717) is 24.0 Å². The van der Waals surface area contributed by atoms with Gasteiger partial charge in [0.2, 0.25) is 0 Å². The van der Waals surface area contributed by atoms with Crippen molar-refractivity contribution in [1.82, 2.24) is 19.6 Å². The van der Waals surface area contributed by atoms with E-state index in [2.05, 4.69) is 29.7 Å². The molecule has 3 aromatic rings. The molecule has 2 heterocycles. The van der Waals surface area contributed by atoms with Crippen molar-refractivity contribution in [3.63, 3.8) is 0 Å². The van der Waals surface area contributed by atoms with Gasteiger partial charge in [0.05, 0.1) is 23.7 Å². The maximum atomic E-state index is 13.9. The number of benzene rings is 1. The zero-order chi connectivity index (χ0) is 22.8. The summed E-state index contributed by atoms with van der Waals surface area (Å²) in [6, 6.07) is 2.23. The van der Waals surface area contributed by atoms with Crippen LogP contribution in [0.1, 0.15) is 27.9 Å². The molecule has 0 bridgehead atoms. The standard InChI is InChI=1S/C18H15ClF4N5OPS/c1-2-28(30)8-13-15(9-3-10(18(21,22)23)5-11(20)4-9)26-17(31-13)27-16(29)12-6-25-14(19)7-24-12/h3-7H,2,8,30H2,1H3,(H,26,27,29). The molecule has 0 aliphatic rings. The fourth-order valence-electron chi connectivity index (χ4n) is 2.51. The first-order valence-corrected chi connectivity index (χ1v) is 10.4. The highest BCUT2D eigenvalue weighted by atomic mass is 35.5. The number of carbonyl (C=O) groups is 1. The van der Waals surface area contributed by atoms with Crippen molar-refractivity contribution in [2.45, 2.75) is 19.6 Å². The van der Waals surface area contributed by atoms with E-state index < -0.39 is 23.5 Å². The molecule has 0 saturated carbocycles. The molecule has 0 saturated heterocycles. The van der Waals surface area contributed by atoms with E-state index >= 15 is 0 Å². The molecular formula is C18H15ClF4N5OPS. The Morgan fingerprint density at radius 2 is 2.00 bits per heavy atom. The van der Waals surface area contributed by atoms with Crippen LogP contribution < -0.4 is 5.32 Å². The topological polar surface area (TPSA) is 71.0 Å². The van der Waals surface area contributed by atoms with Gasteiger partial charge in [-0.3, -0.25) is 14.8 Å². The summed E-state index contributed by atoms with van der Waals surface area (Å²) in [5, 5.41) is 2.78. The third-order valence-electron chi connectivity index (χ3n) is 4.02. The van der Waals surface area contributed by atoms with Gasteiger partial charge in [0.15, 0.2) is 5.13 Å². The average Bonchev–Trinajstić information content (AvgIpc) is 3.09. The minimum atomic E-state index is -4.71. The van der Waals surface area contributed by atoms with E-state index in [9.17, 15) is 22.4 Å². The lowest BCUT2D eigenvalue weighted by atomic mass is 10.1. The number of nitrogens with one attached hydrogen (secondary N) is 1. The average molecular weight is 492 g/mol. The third kappa shape index (κ3) is 5.94. The van der Waals surface area contributed by atoms with E-state index in [4.69, 9.17) is 11.6 Å². The number of aromatic nitrogens is 3. The third-order valence-corrected chi connectivity index (χ3v) is 5.72. The van der Waals surface area contributed by atoms with Crippen LogP contribution in [0.25, 0.3) is 11.3 Å². The van der Waals surface area contributed by atoms with Crippen LogP contribution in [0.2, 0.25) is 5.15 Å². The summed E-state index contributed by atoms with van der Waals surface area (Å²) in [7, 11) is 2.49. The molecule has 1 unspecified atom stereocenters. The van der Waals surface area contributed by atoms with Gasteiger partial charge in [0.25, 0.3) is 5.91 Å². The first-order chi connectivity index (χ1) is 14.6. The zero-order valence-corrected chi connectivity index (χ0v) is 18.6. The van der Waals surface area contributed by atoms with Crippen molar-refractivity contribution < 1.29 is 22.4 Å². The number of carbonyl (C=O) groups excluding carboxylic acids is 1. The number of nitrogens with zero attached hydrogens (tertiary/aromatic N) is 4. The van der Waals surface area contributed by atoms with Gasteiger partial charge in [-0.15, -0.1) is 0 Å². The van der Waals surface area contributed by atoms with Crippen LogP contribution in [-0.4, -0.2) is 32.1 Å². The molecule has 0 aliphatic carbocycles. The summed E-state index contributed by atoms with van der Waals surface area (Å²) >= 11 is 6.72. The van der Waals surface area contributed by atoms with Gasteiger partial charge in [-0.25, -0.2) is 19.3 Å². The molecule has 164 valence electrons. The number of alkyl halides is 3. The summed E-state index contributed by atoms with van der Waals surface area (Å²) in [6.07, 6.45) is -2.34. The van der Waals surface area contributed by atoms with Gasteiger partial charge in [0.1, 0.15) is 16.7 Å². The molecule has 0 spiro atoms. The molecular weight excluding hydrogens is 477 g/mol. The van der Waals surface area contributed by atoms with E-state index in [0.717, 1.165) is 23.5 Å². The van der Waals surface area contributed by atoms with E-state index in [1.54, 1.807) is 0 Å². The highest BCUT2D eigenvalue weighted by Gasteiger charge is 2.32. The highest BCUT2D eigenvalue weighted by Crippen LogP contribution is 2.37. The van der Waals surface area contributed by atoms with E-state index in [-0.39, 0.29) is 27.2 Å². The molecule has 1 N–H and O–H groups in total. The number of halogens is 5. The van der Waals surface area contributed by atoms with Gasteiger partial charge in [-0.2, -0.15) is 13.2 Å². The normalized spacial score (nSPS) is 11.7. The van der Waals surface area contributed by atoms with Crippen molar-refractivity contribution in [2.75, 3.05) is 11.9 Å². The number of amides is 1. The minimum absolute atomic E-state index is 0.0194. The van der Waals surface area contributed by atoms with Crippen molar-refractivity contribution in [2.24, 2.45) is 0 Å². The smallest absolute Gasteiger partial charge is 0.296 e. The number of rotatable bonds is 6. The molecule has 1 aromatic carbocycles. The monoisotopic (exact) mass is 491 g/mol. The number of hydrogen-bond donors (Lipinski definition) is 1. The summed E-state index contributed by atoms with van der Waals surface area (Å²) in [5.41, 5.74) is -1.04. The summed E-state index contributed by atoms with van der Waals surface area (Å²) in [4.78, 5) is 24.8. The molecule has 13 heteroatoms. The number of thiazole rings is 1. The minimum Gasteiger partial charge on any atom is -0.296 e. The second-order valence-corrected chi connectivity index (χ2v) is 8.46. The van der Waals surface area contributed by atoms with Crippen LogP contribution in [0.15, 0.2) is 30.6 Å². The van der Waals surface area contributed by atoms with Crippen LogP contribution in [-0.2, 0) is 12.7 Å². The Labute approximate surface area is 185 Å². The SMILES string of the molecule is CCN(P)Cc1sc(NC(=O)c2cnc(Cl)cn2)nc1-c1cc(F)cc(C(F)(F)F)c1. The molecule has 6 nitrogen and oxygen atoms in total. The first-order valence-electron chi connectivity index (χ1n) is 8.73. The summed E-state index contributed by atoms with van der Waals surface area (Å²) in [6.45, 7) is 2.82. The first kappa shape index (κ1) is 23.5. The van der Waals surface area contributed by atoms with Gasteiger partial charge in [-0.1, -0.05) is 39.3 Å². The number of hydrogen-bond acceptors (Lipinski definition) is 6. The van der Waals surface area contributed by atoms with Crippen LogP contribution in [0.3, 0.4) is 0 Å². The lowest BCUT2D eigenvalue weighted by Crippen LogP contribution is -2.13. The lowest BCUT2D eigenvalue weighted by molar-refractivity contribution is -0.137. The van der Waals surface area contributed by atoms with Crippen LogP contribution >= 0.6 is 32.3 Å². The molecule has 1 atom stereocenters. The Morgan fingerprint density at radius 1 is 1.26 bits per heavy atom. The Balaban J connectivity index is 1.99. The molecule has 3 rings (SSSR count). The van der Waals surface area contributed by atoms with Gasteiger partial charge in [-0.05, 0) is 24.7 Å². The Hall–Kier alpha value is -2.20. The maximum Gasteiger partial charge on any atom is 0.416 e. The molecule has 0 radical (unpaired) electrons. The Morgan fingerprint density at radius 3 is 2.61 bits per heavy atom. The van der Waals surface area contributed by atoms with Crippen molar-refractivity contribution in [3.05, 3.63) is 57.7 Å². The van der Waals surface area contributed by atoms with Crippen LogP contribution in [0.5, 0.6) is 0 Å². The second-order valence-electron chi connectivity index (χ2n) is 6.26. The predicted molar refractivity (Wildman–Crippen MR) is 113 cm³/mol. The zero-order valence-electron chi connectivity index (χ0n) is 15.9. The largest absolute Gasteiger partial charge is 0.416 e. The van der Waals surface area contributed by atoms with Gasteiger partial charge in [0, 0.05) is 17.0 Å². The van der Waals surface area contributed by atoms with E-state index in [1.165, 1.54) is 12.4 Å². The van der Waals surface area contributed by atoms with Crippen molar-refractivity contribution in [3.8, 4) is 11.3 Å². The molecule has 0 aliphatic heterocycles. The molecule has 2 aromatic heterocycles. The molecule has 0 fully saturated rings. The van der Waals surface area contributed by atoms with Crippen molar-refractivity contribution >= 4 is 43.4 Å². The predicted octanol–water partition coefficient (Wildman–Crippen LogP) is 5.28. The fourth-order valence-corrected chi connectivity index (χ4v) is 3.93. The molecule has 1 amide bonds. The molecule has 31 heavy (non-hydrogen) atoms. The summed E-state index contributed by atoms with van der Waals surface area (Å²) < 4.78 is 55.2. The maximum absolute atomic E-state index is 13.9. The highest BCUT2D eigenvalue weighted by molar-refractivity contribution is 7.16.